The normalized spacial score (nSPS) is 13.3. The molecule has 122 valence electrons. The second-order valence-corrected chi connectivity index (χ2v) is 5.04. The second kappa shape index (κ2) is 7.08. The number of carboxylic acids is 1. The smallest absolute Gasteiger partial charge is 0.371 e. The Hall–Kier alpha value is -2.64. The van der Waals surface area contributed by atoms with E-state index in [1.807, 2.05) is 0 Å². The standard InChI is InChI=1S/C16H17NO6/c1-9(18)17-8-12(19)15(20)11-4-2-10(3-5-11)13-6-7-14(23-13)16(21)22/h2-7,12,15,19-20H,8H2,1H3,(H,17,18)(H,21,22). The average Bonchev–Trinajstić information content (AvgIpc) is 3.02. The Balaban J connectivity index is 2.08. The van der Waals surface area contributed by atoms with Crippen LogP contribution < -0.4 is 5.32 Å². The van der Waals surface area contributed by atoms with Gasteiger partial charge in [-0.1, -0.05) is 24.3 Å². The highest BCUT2D eigenvalue weighted by Gasteiger charge is 2.19. The fraction of sp³-hybridized carbons (Fsp3) is 0.250. The van der Waals surface area contributed by atoms with Crippen LogP contribution in [0.5, 0.6) is 0 Å². The van der Waals surface area contributed by atoms with Crippen molar-refractivity contribution in [3.05, 3.63) is 47.7 Å². The average molecular weight is 319 g/mol. The summed E-state index contributed by atoms with van der Waals surface area (Å²) in [7, 11) is 0. The summed E-state index contributed by atoms with van der Waals surface area (Å²) in [6.07, 6.45) is -2.28. The van der Waals surface area contributed by atoms with Gasteiger partial charge in [-0.25, -0.2) is 4.79 Å². The van der Waals surface area contributed by atoms with Crippen LogP contribution >= 0.6 is 0 Å². The van der Waals surface area contributed by atoms with Crippen molar-refractivity contribution in [1.82, 2.24) is 5.32 Å². The number of carboxylic acid groups (broad SMARTS) is 1. The van der Waals surface area contributed by atoms with Crippen LogP contribution in [0.2, 0.25) is 0 Å². The summed E-state index contributed by atoms with van der Waals surface area (Å²) in [5.41, 5.74) is 1.11. The molecule has 2 unspecified atom stereocenters. The summed E-state index contributed by atoms with van der Waals surface area (Å²) in [5, 5.41) is 31.1. The molecule has 7 heteroatoms. The molecule has 0 aliphatic carbocycles. The molecule has 7 nitrogen and oxygen atoms in total. The van der Waals surface area contributed by atoms with Gasteiger partial charge in [0.15, 0.2) is 0 Å². The number of carbonyl (C=O) groups is 2. The van der Waals surface area contributed by atoms with Crippen LogP contribution in [0.1, 0.15) is 29.1 Å². The van der Waals surface area contributed by atoms with Crippen LogP contribution in [0.4, 0.5) is 0 Å². The van der Waals surface area contributed by atoms with Gasteiger partial charge in [-0.15, -0.1) is 0 Å². The fourth-order valence-electron chi connectivity index (χ4n) is 2.03. The maximum absolute atomic E-state index is 10.8. The lowest BCUT2D eigenvalue weighted by atomic mass is 10.0. The van der Waals surface area contributed by atoms with Crippen LogP contribution in [0.25, 0.3) is 11.3 Å². The highest BCUT2D eigenvalue weighted by atomic mass is 16.4. The Morgan fingerprint density at radius 3 is 2.30 bits per heavy atom. The number of carbonyl (C=O) groups excluding carboxylic acids is 1. The third-order valence-electron chi connectivity index (χ3n) is 3.28. The molecule has 0 saturated carbocycles. The molecule has 23 heavy (non-hydrogen) atoms. The van der Waals surface area contributed by atoms with E-state index < -0.39 is 18.2 Å². The molecule has 0 radical (unpaired) electrons. The van der Waals surface area contributed by atoms with Crippen molar-refractivity contribution >= 4 is 11.9 Å². The topological polar surface area (TPSA) is 120 Å². The summed E-state index contributed by atoms with van der Waals surface area (Å²) >= 11 is 0. The lowest BCUT2D eigenvalue weighted by molar-refractivity contribution is -0.119. The molecule has 1 amide bonds. The van der Waals surface area contributed by atoms with Crippen molar-refractivity contribution in [2.24, 2.45) is 0 Å². The van der Waals surface area contributed by atoms with Gasteiger partial charge in [-0.3, -0.25) is 4.79 Å². The molecule has 1 aromatic heterocycles. The first kappa shape index (κ1) is 16.7. The molecule has 0 fully saturated rings. The number of benzene rings is 1. The zero-order valence-electron chi connectivity index (χ0n) is 12.4. The molecule has 2 aromatic rings. The lowest BCUT2D eigenvalue weighted by Gasteiger charge is -2.18. The monoisotopic (exact) mass is 319 g/mol. The largest absolute Gasteiger partial charge is 0.475 e. The Kier molecular flexibility index (Phi) is 5.15. The van der Waals surface area contributed by atoms with Crippen LogP contribution in [-0.2, 0) is 4.79 Å². The maximum atomic E-state index is 10.8. The highest BCUT2D eigenvalue weighted by Crippen LogP contribution is 2.25. The van der Waals surface area contributed by atoms with E-state index in [4.69, 9.17) is 9.52 Å². The molecule has 0 bridgehead atoms. The SMILES string of the molecule is CC(=O)NCC(O)C(O)c1ccc(-c2ccc(C(=O)O)o2)cc1. The van der Waals surface area contributed by atoms with E-state index in [9.17, 15) is 19.8 Å². The summed E-state index contributed by atoms with van der Waals surface area (Å²) in [6.45, 7) is 1.26. The van der Waals surface area contributed by atoms with Gasteiger partial charge in [0, 0.05) is 19.0 Å². The van der Waals surface area contributed by atoms with Crippen LogP contribution in [0.15, 0.2) is 40.8 Å². The van der Waals surface area contributed by atoms with Gasteiger partial charge in [0.25, 0.3) is 0 Å². The van der Waals surface area contributed by atoms with Crippen LogP contribution in [0.3, 0.4) is 0 Å². The van der Waals surface area contributed by atoms with Gasteiger partial charge in [-0.05, 0) is 17.7 Å². The van der Waals surface area contributed by atoms with Crippen molar-refractivity contribution in [2.45, 2.75) is 19.1 Å². The second-order valence-electron chi connectivity index (χ2n) is 5.04. The van der Waals surface area contributed by atoms with E-state index in [-0.39, 0.29) is 18.2 Å². The molecule has 2 rings (SSSR count). The molecule has 2 atom stereocenters. The Bertz CT molecular complexity index is 691. The number of rotatable bonds is 6. The highest BCUT2D eigenvalue weighted by molar-refractivity contribution is 5.85. The number of aliphatic hydroxyl groups excluding tert-OH is 2. The molecule has 0 spiro atoms. The number of hydrogen-bond acceptors (Lipinski definition) is 5. The maximum Gasteiger partial charge on any atom is 0.371 e. The molecule has 1 aromatic carbocycles. The summed E-state index contributed by atoms with van der Waals surface area (Å²) in [4.78, 5) is 21.6. The molecular weight excluding hydrogens is 302 g/mol. The van der Waals surface area contributed by atoms with E-state index in [1.165, 1.54) is 13.0 Å². The molecule has 4 N–H and O–H groups in total. The summed E-state index contributed by atoms with van der Waals surface area (Å²) < 4.78 is 5.18. The van der Waals surface area contributed by atoms with Gasteiger partial charge in [0.05, 0.1) is 0 Å². The van der Waals surface area contributed by atoms with Crippen LogP contribution in [0, 0.1) is 0 Å². The molecule has 0 aliphatic heterocycles. The number of nitrogens with one attached hydrogen (secondary N) is 1. The van der Waals surface area contributed by atoms with E-state index in [0.717, 1.165) is 0 Å². The summed E-state index contributed by atoms with van der Waals surface area (Å²) in [6, 6.07) is 9.39. The van der Waals surface area contributed by atoms with Crippen molar-refractivity contribution in [1.29, 1.82) is 0 Å². The third-order valence-corrected chi connectivity index (χ3v) is 3.28. The number of aromatic carboxylic acids is 1. The minimum atomic E-state index is -1.15. The van der Waals surface area contributed by atoms with Crippen LogP contribution in [-0.4, -0.2) is 39.8 Å². The van der Waals surface area contributed by atoms with E-state index >= 15 is 0 Å². The van der Waals surface area contributed by atoms with Gasteiger partial charge in [-0.2, -0.15) is 0 Å². The minimum Gasteiger partial charge on any atom is -0.475 e. The molecule has 0 saturated heterocycles. The van der Waals surface area contributed by atoms with Gasteiger partial charge in [0.2, 0.25) is 11.7 Å². The third kappa shape index (κ3) is 4.18. The zero-order valence-corrected chi connectivity index (χ0v) is 12.4. The quantitative estimate of drug-likeness (QED) is 0.634. The van der Waals surface area contributed by atoms with Gasteiger partial charge < -0.3 is 25.1 Å². The Labute approximate surface area is 132 Å². The van der Waals surface area contributed by atoms with Crippen molar-refractivity contribution in [2.75, 3.05) is 6.54 Å². The van der Waals surface area contributed by atoms with Crippen molar-refractivity contribution in [3.63, 3.8) is 0 Å². The first-order chi connectivity index (χ1) is 10.9. The zero-order chi connectivity index (χ0) is 17.0. The Morgan fingerprint density at radius 1 is 1.13 bits per heavy atom. The van der Waals surface area contributed by atoms with Crippen molar-refractivity contribution < 1.29 is 29.3 Å². The molecular formula is C16H17NO6. The first-order valence-corrected chi connectivity index (χ1v) is 6.92. The molecule has 0 aliphatic rings. The lowest BCUT2D eigenvalue weighted by Crippen LogP contribution is -2.34. The fourth-order valence-corrected chi connectivity index (χ4v) is 2.03. The van der Waals surface area contributed by atoms with Crippen molar-refractivity contribution in [3.8, 4) is 11.3 Å². The van der Waals surface area contributed by atoms with Gasteiger partial charge in [0.1, 0.15) is 18.0 Å². The summed E-state index contributed by atoms with van der Waals surface area (Å²) in [5.74, 6) is -1.21. The number of aliphatic hydroxyl groups is 2. The Morgan fingerprint density at radius 2 is 1.78 bits per heavy atom. The van der Waals surface area contributed by atoms with E-state index in [2.05, 4.69) is 5.32 Å². The first-order valence-electron chi connectivity index (χ1n) is 6.92. The number of amides is 1. The van der Waals surface area contributed by atoms with Gasteiger partial charge >= 0.3 is 5.97 Å². The predicted octanol–water partition coefficient (Wildman–Crippen LogP) is 1.18. The van der Waals surface area contributed by atoms with E-state index in [1.54, 1.807) is 30.3 Å². The predicted molar refractivity (Wildman–Crippen MR) is 80.8 cm³/mol. The number of furan rings is 1. The number of hydrogen-bond donors (Lipinski definition) is 4. The minimum absolute atomic E-state index is 0.0571. The van der Waals surface area contributed by atoms with E-state index in [0.29, 0.717) is 16.9 Å². The molecule has 1 heterocycles.